The predicted octanol–water partition coefficient (Wildman–Crippen LogP) is 0.903. The lowest BCUT2D eigenvalue weighted by Crippen LogP contribution is -2.42. The van der Waals surface area contributed by atoms with Crippen LogP contribution in [0.3, 0.4) is 0 Å². The van der Waals surface area contributed by atoms with Gasteiger partial charge in [-0.2, -0.15) is 0 Å². The number of aliphatic hydroxyl groups is 1. The zero-order valence-corrected chi connectivity index (χ0v) is 12.2. The van der Waals surface area contributed by atoms with Crippen molar-refractivity contribution < 1.29 is 19.3 Å². The summed E-state index contributed by atoms with van der Waals surface area (Å²) in [6, 6.07) is 0.542. The summed E-state index contributed by atoms with van der Waals surface area (Å²) in [5, 5.41) is 9.06. The third-order valence-corrected chi connectivity index (χ3v) is 3.54. The Morgan fingerprint density at radius 3 is 2.53 bits per heavy atom. The summed E-state index contributed by atoms with van der Waals surface area (Å²) in [7, 11) is 1.67. The fraction of sp³-hybridized carbons (Fsp3) is 1.00. The van der Waals surface area contributed by atoms with Gasteiger partial charge in [0, 0.05) is 26.3 Å². The Hall–Kier alpha value is -0.200. The Kier molecular flexibility index (Phi) is 10.3. The number of hydrogen-bond donors (Lipinski definition) is 1. The second-order valence-electron chi connectivity index (χ2n) is 4.92. The zero-order chi connectivity index (χ0) is 13.8. The summed E-state index contributed by atoms with van der Waals surface area (Å²) in [6.07, 6.45) is 4.65. The maximum Gasteiger partial charge on any atom is 0.0701 e. The van der Waals surface area contributed by atoms with Gasteiger partial charge in [0.05, 0.1) is 33.0 Å². The Morgan fingerprint density at radius 1 is 1.05 bits per heavy atom. The fourth-order valence-corrected chi connectivity index (χ4v) is 2.48. The van der Waals surface area contributed by atoms with Crippen molar-refractivity contribution in [3.8, 4) is 0 Å². The van der Waals surface area contributed by atoms with Crippen molar-refractivity contribution in [2.45, 2.75) is 31.7 Å². The van der Waals surface area contributed by atoms with Crippen molar-refractivity contribution in [1.29, 1.82) is 0 Å². The molecule has 1 aliphatic heterocycles. The minimum Gasteiger partial charge on any atom is -0.396 e. The third kappa shape index (κ3) is 7.84. The molecule has 0 radical (unpaired) electrons. The lowest BCUT2D eigenvalue weighted by molar-refractivity contribution is 0.0122. The highest BCUT2D eigenvalue weighted by molar-refractivity contribution is 4.76. The van der Waals surface area contributed by atoms with Gasteiger partial charge in [-0.05, 0) is 25.8 Å². The number of aliphatic hydroxyl groups excluding tert-OH is 1. The van der Waals surface area contributed by atoms with Crippen molar-refractivity contribution >= 4 is 0 Å². The average molecular weight is 275 g/mol. The van der Waals surface area contributed by atoms with Crippen LogP contribution in [0, 0.1) is 0 Å². The van der Waals surface area contributed by atoms with Crippen LogP contribution in [0.1, 0.15) is 25.7 Å². The van der Waals surface area contributed by atoms with Crippen molar-refractivity contribution in [3.63, 3.8) is 0 Å². The molecule has 1 N–H and O–H groups in total. The van der Waals surface area contributed by atoms with E-state index in [-0.39, 0.29) is 6.61 Å². The van der Waals surface area contributed by atoms with E-state index in [0.29, 0.717) is 32.5 Å². The number of rotatable bonds is 11. The molecule has 5 heteroatoms. The van der Waals surface area contributed by atoms with Gasteiger partial charge in [-0.15, -0.1) is 0 Å². The average Bonchev–Trinajstić information content (AvgIpc) is 2.44. The molecular formula is C14H29NO4. The highest BCUT2D eigenvalue weighted by atomic mass is 16.5. The number of ether oxygens (including phenoxy) is 3. The lowest BCUT2D eigenvalue weighted by Gasteiger charge is -2.35. The molecule has 0 aliphatic carbocycles. The minimum atomic E-state index is 0.287. The Bertz CT molecular complexity index is 202. The van der Waals surface area contributed by atoms with E-state index in [2.05, 4.69) is 4.90 Å². The zero-order valence-electron chi connectivity index (χ0n) is 12.2. The molecule has 1 atom stereocenters. The van der Waals surface area contributed by atoms with Crippen LogP contribution >= 0.6 is 0 Å². The van der Waals surface area contributed by atoms with Crippen LogP contribution in [0.25, 0.3) is 0 Å². The Morgan fingerprint density at radius 2 is 1.79 bits per heavy atom. The van der Waals surface area contributed by atoms with E-state index in [1.54, 1.807) is 7.11 Å². The van der Waals surface area contributed by atoms with Crippen LogP contribution in [0.4, 0.5) is 0 Å². The molecule has 1 fully saturated rings. The summed E-state index contributed by atoms with van der Waals surface area (Å²) >= 11 is 0. The van der Waals surface area contributed by atoms with Gasteiger partial charge < -0.3 is 19.3 Å². The van der Waals surface area contributed by atoms with Gasteiger partial charge in [-0.3, -0.25) is 4.90 Å². The monoisotopic (exact) mass is 275 g/mol. The van der Waals surface area contributed by atoms with Crippen molar-refractivity contribution in [2.75, 3.05) is 59.8 Å². The molecular weight excluding hydrogens is 246 g/mol. The molecule has 0 aromatic rings. The fourth-order valence-electron chi connectivity index (χ4n) is 2.48. The SMILES string of the molecule is COCCOCCOCCN1CCCCC1CCO. The molecule has 0 saturated carbocycles. The largest absolute Gasteiger partial charge is 0.396 e. The van der Waals surface area contributed by atoms with Gasteiger partial charge in [0.1, 0.15) is 0 Å². The second-order valence-corrected chi connectivity index (χ2v) is 4.92. The first-order valence-corrected chi connectivity index (χ1v) is 7.38. The first-order valence-electron chi connectivity index (χ1n) is 7.38. The van der Waals surface area contributed by atoms with Gasteiger partial charge >= 0.3 is 0 Å². The first-order chi connectivity index (χ1) is 9.38. The molecule has 0 spiro atoms. The summed E-state index contributed by atoms with van der Waals surface area (Å²) in [5.41, 5.74) is 0. The van der Waals surface area contributed by atoms with Gasteiger partial charge in [0.2, 0.25) is 0 Å². The Labute approximate surface area is 116 Å². The molecule has 0 aromatic carbocycles. The third-order valence-electron chi connectivity index (χ3n) is 3.54. The smallest absolute Gasteiger partial charge is 0.0701 e. The molecule has 114 valence electrons. The predicted molar refractivity (Wildman–Crippen MR) is 74.4 cm³/mol. The standard InChI is InChI=1S/C14H29NO4/c1-17-10-11-19-13-12-18-9-7-15-6-3-2-4-14(15)5-8-16/h14,16H,2-13H2,1H3. The summed E-state index contributed by atoms with van der Waals surface area (Å²) in [4.78, 5) is 2.45. The summed E-state index contributed by atoms with van der Waals surface area (Å²) in [5.74, 6) is 0. The maximum absolute atomic E-state index is 9.06. The van der Waals surface area contributed by atoms with E-state index in [1.165, 1.54) is 19.3 Å². The van der Waals surface area contributed by atoms with Crippen molar-refractivity contribution in [3.05, 3.63) is 0 Å². The van der Waals surface area contributed by atoms with Crippen LogP contribution in [-0.4, -0.2) is 75.9 Å². The highest BCUT2D eigenvalue weighted by Gasteiger charge is 2.21. The molecule has 19 heavy (non-hydrogen) atoms. The van der Waals surface area contributed by atoms with Gasteiger partial charge in [0.15, 0.2) is 0 Å². The van der Waals surface area contributed by atoms with Crippen LogP contribution < -0.4 is 0 Å². The number of nitrogens with zero attached hydrogens (tertiary/aromatic N) is 1. The van der Waals surface area contributed by atoms with E-state index in [0.717, 1.165) is 26.1 Å². The quantitative estimate of drug-likeness (QED) is 0.568. The van der Waals surface area contributed by atoms with Crippen LogP contribution in [0.15, 0.2) is 0 Å². The summed E-state index contributed by atoms with van der Waals surface area (Å²) < 4.78 is 15.8. The Balaban J connectivity index is 1.97. The number of methoxy groups -OCH3 is 1. The van der Waals surface area contributed by atoms with E-state index < -0.39 is 0 Å². The van der Waals surface area contributed by atoms with E-state index >= 15 is 0 Å². The molecule has 1 saturated heterocycles. The first kappa shape index (κ1) is 16.9. The van der Waals surface area contributed by atoms with E-state index in [4.69, 9.17) is 19.3 Å². The molecule has 0 bridgehead atoms. The van der Waals surface area contributed by atoms with Crippen LogP contribution in [0.2, 0.25) is 0 Å². The molecule has 1 rings (SSSR count). The van der Waals surface area contributed by atoms with Gasteiger partial charge in [-0.1, -0.05) is 6.42 Å². The topological polar surface area (TPSA) is 51.2 Å². The molecule has 0 aromatic heterocycles. The normalized spacial score (nSPS) is 20.8. The van der Waals surface area contributed by atoms with Crippen molar-refractivity contribution in [1.82, 2.24) is 4.90 Å². The minimum absolute atomic E-state index is 0.287. The molecule has 5 nitrogen and oxygen atoms in total. The molecule has 1 unspecified atom stereocenters. The molecule has 1 heterocycles. The number of likely N-dealkylation sites (tertiary alicyclic amines) is 1. The maximum atomic E-state index is 9.06. The molecule has 1 aliphatic rings. The van der Waals surface area contributed by atoms with Gasteiger partial charge in [-0.25, -0.2) is 0 Å². The lowest BCUT2D eigenvalue weighted by atomic mass is 10.00. The highest BCUT2D eigenvalue weighted by Crippen LogP contribution is 2.18. The summed E-state index contributed by atoms with van der Waals surface area (Å²) in [6.45, 7) is 5.67. The molecule has 0 amide bonds. The van der Waals surface area contributed by atoms with E-state index in [1.807, 2.05) is 0 Å². The van der Waals surface area contributed by atoms with Crippen molar-refractivity contribution in [2.24, 2.45) is 0 Å². The van der Waals surface area contributed by atoms with E-state index in [9.17, 15) is 0 Å². The number of hydrogen-bond acceptors (Lipinski definition) is 5. The van der Waals surface area contributed by atoms with Crippen LogP contribution in [0.5, 0.6) is 0 Å². The second kappa shape index (κ2) is 11.6. The number of piperidine rings is 1. The van der Waals surface area contributed by atoms with Crippen LogP contribution in [-0.2, 0) is 14.2 Å². The van der Waals surface area contributed by atoms with Gasteiger partial charge in [0.25, 0.3) is 0 Å².